The molecule has 3 saturated heterocycles. The fraction of sp³-hybridized carbons (Fsp3) is 0.359. The lowest BCUT2D eigenvalue weighted by Gasteiger charge is -2.43. The van der Waals surface area contributed by atoms with E-state index >= 15 is 0 Å². The number of rotatable bonds is 27. The van der Waals surface area contributed by atoms with Crippen molar-refractivity contribution in [1.82, 2.24) is 19.9 Å². The van der Waals surface area contributed by atoms with E-state index in [1.54, 1.807) is 72.8 Å². The molecule has 8 bridgehead atoms. The maximum absolute atomic E-state index is 14.8. The van der Waals surface area contributed by atoms with Gasteiger partial charge in [0.15, 0.2) is 54.9 Å². The van der Waals surface area contributed by atoms with Crippen molar-refractivity contribution in [3.05, 3.63) is 144 Å². The van der Waals surface area contributed by atoms with Crippen LogP contribution in [0.25, 0.3) is 78.7 Å². The molecule has 0 saturated carbocycles. The smallest absolute Gasteiger partial charge is 0.305 e. The molecule has 4 amide bonds. The zero-order chi connectivity index (χ0) is 97.8. The Morgan fingerprint density at radius 2 is 0.548 bits per heavy atom. The van der Waals surface area contributed by atoms with E-state index in [-0.39, 0.29) is 92.2 Å². The number of hydrogen-bond acceptors (Lipinski definition) is 37. The second kappa shape index (κ2) is 42.8. The average Bonchev–Trinajstić information content (AvgIpc) is 1.68. The molecular formula is C92H92N8O35. The quantitative estimate of drug-likeness (QED) is 0.0185. The standard InChI is InChI=1S/C92H92N8O35/c1-39(101)121-75-78(124-42(4)104)84(127-45(7)107)90(130-48(10)110)133-81(75)87(117)94-56-27-19-52(20-28-56)68-60-34-33-59(97-60)67(51-17-25-55(26-18-51)93-65(113)15-14-16-66(114)120-13)61-35-37-63(98-61)69(53-21-29-57(30-22-53)95-88(118)82-76(122-40(2)102)79(125-43(5)105)85(128-46(8)108)91(134-82)131-49(11)111)71-73(115)74(116)72(100-71)70(64-38-36-62(68)99-64)54-23-31-58(32-24-54)96-89(119)83-77(123-41(3)103)80(126-44(6)106)86(129-47(9)109)92(135-83)132-50(12)112/h17-38,73-86,90-92,98-99,115-116H,14-16H2,1-13H3,(H,93,113)(H,94,117)(H,95,118)(H,96,119)/t73-,74+,75+,76+,77+,78+,79+,80+,81+,82+,83+,84-,85-,86-,90+,91+,92+/m1/s1. The molecule has 4 aromatic carbocycles. The lowest BCUT2D eigenvalue weighted by atomic mass is 9.96. The summed E-state index contributed by atoms with van der Waals surface area (Å²) in [5.74, 6) is -16.0. The fourth-order valence-electron chi connectivity index (χ4n) is 15.7. The number of aromatic nitrogens is 4. The lowest BCUT2D eigenvalue weighted by Crippen LogP contribution is -2.64. The van der Waals surface area contributed by atoms with Crippen LogP contribution in [-0.4, -0.2) is 231 Å². The van der Waals surface area contributed by atoms with Gasteiger partial charge in [0.05, 0.1) is 29.9 Å². The molecule has 8 heterocycles. The summed E-state index contributed by atoms with van der Waals surface area (Å²) in [4.78, 5) is 239. The molecule has 135 heavy (non-hydrogen) atoms. The van der Waals surface area contributed by atoms with Gasteiger partial charge in [-0.2, -0.15) is 0 Å². The molecule has 0 spiro atoms. The highest BCUT2D eigenvalue weighted by Crippen LogP contribution is 2.46. The minimum absolute atomic E-state index is 0.00487. The van der Waals surface area contributed by atoms with Crippen molar-refractivity contribution >= 4 is 158 Å². The Morgan fingerprint density at radius 3 is 0.815 bits per heavy atom. The number of hydrogen-bond donors (Lipinski definition) is 8. The molecule has 3 fully saturated rings. The number of anilines is 4. The van der Waals surface area contributed by atoms with Gasteiger partial charge in [0.1, 0.15) is 12.2 Å². The zero-order valence-electron chi connectivity index (χ0n) is 74.4. The average molecular weight is 1870 g/mol. The molecule has 3 aromatic heterocycles. The van der Waals surface area contributed by atoms with Crippen molar-refractivity contribution < 1.29 is 168 Å². The first-order valence-electron chi connectivity index (χ1n) is 41.7. The van der Waals surface area contributed by atoms with Crippen LogP contribution in [0.5, 0.6) is 0 Å². The number of nitrogens with one attached hydrogen (secondary N) is 6. The first-order chi connectivity index (χ1) is 64.1. The zero-order valence-corrected chi connectivity index (χ0v) is 74.4. The minimum Gasteiger partial charge on any atom is -0.469 e. The van der Waals surface area contributed by atoms with Crippen molar-refractivity contribution in [3.8, 4) is 44.5 Å². The van der Waals surface area contributed by atoms with Crippen LogP contribution in [0.3, 0.4) is 0 Å². The summed E-state index contributed by atoms with van der Waals surface area (Å²) in [6.45, 7) is 11.8. The van der Waals surface area contributed by atoms with Crippen LogP contribution in [0.4, 0.5) is 22.7 Å². The number of H-pyrrole nitrogens is 2. The van der Waals surface area contributed by atoms with E-state index < -0.39 is 206 Å². The Kier molecular flexibility index (Phi) is 31.3. The highest BCUT2D eigenvalue weighted by atomic mass is 16.8. The van der Waals surface area contributed by atoms with Crippen LogP contribution in [-0.2, 0) is 157 Å². The van der Waals surface area contributed by atoms with Crippen LogP contribution < -0.4 is 21.3 Å². The number of carbonyl (C=O) groups is 17. The molecule has 43 heteroatoms. The number of aromatic amines is 2. The summed E-state index contributed by atoms with van der Waals surface area (Å²) in [5.41, 5.74) is 3.76. The van der Waals surface area contributed by atoms with Gasteiger partial charge in [-0.05, 0) is 114 Å². The van der Waals surface area contributed by atoms with E-state index in [4.69, 9.17) is 85.8 Å². The van der Waals surface area contributed by atoms with Gasteiger partial charge in [0.25, 0.3) is 17.7 Å². The number of aliphatic hydroxyl groups excluding tert-OH is 2. The van der Waals surface area contributed by atoms with Crippen molar-refractivity contribution in [2.75, 3.05) is 28.4 Å². The number of amides is 4. The Bertz CT molecular complexity index is 6050. The van der Waals surface area contributed by atoms with Gasteiger partial charge in [0.2, 0.25) is 43.1 Å². The first-order valence-corrected chi connectivity index (χ1v) is 41.7. The highest BCUT2D eigenvalue weighted by molar-refractivity contribution is 6.02. The molecule has 0 radical (unpaired) electrons. The van der Waals surface area contributed by atoms with Crippen LogP contribution in [0, 0.1) is 0 Å². The van der Waals surface area contributed by atoms with Crippen molar-refractivity contribution in [1.29, 1.82) is 0 Å². The second-order valence-electron chi connectivity index (χ2n) is 31.1. The predicted octanol–water partition coefficient (Wildman–Crippen LogP) is 7.27. The van der Waals surface area contributed by atoms with Crippen molar-refractivity contribution in [2.45, 2.75) is 207 Å². The number of esters is 13. The minimum atomic E-state index is -1.98. The van der Waals surface area contributed by atoms with E-state index in [1.807, 2.05) is 0 Å². The summed E-state index contributed by atoms with van der Waals surface area (Å²) in [6, 6.07) is 30.9. The van der Waals surface area contributed by atoms with Crippen molar-refractivity contribution in [3.63, 3.8) is 0 Å². The molecule has 43 nitrogen and oxygen atoms in total. The van der Waals surface area contributed by atoms with Gasteiger partial charge >= 0.3 is 77.6 Å². The third-order valence-electron chi connectivity index (χ3n) is 20.8. The summed E-state index contributed by atoms with van der Waals surface area (Å²) in [6.07, 6.45) is -28.3. The number of benzene rings is 4. The van der Waals surface area contributed by atoms with Crippen LogP contribution in [0.1, 0.15) is 137 Å². The maximum Gasteiger partial charge on any atom is 0.305 e. The van der Waals surface area contributed by atoms with E-state index in [0.717, 1.165) is 83.1 Å². The summed E-state index contributed by atoms with van der Waals surface area (Å²) < 4.78 is 87.9. The SMILES string of the molecule is COC(=O)CCCC(=O)Nc1ccc(-c2c3nc(c(-c4ccc(NC(=O)[C@H]5O[C@H](OC(C)=O)[C@H](OC(C)=O)[C@@H](OC(C)=O)[C@@H]5OC(C)=O)cc4)c4ccc([nH]4)c(-c4ccc(NC(=O)[C@H]5O[C@H](OC(C)=O)[C@H](OC(C)=O)[C@@H](OC(C)=O)[C@@H]5OC(C)=O)cc4)c4nc(c(-c5ccc(NC(=O)[C@H]6O[C@H](OC(C)=O)[C@H](OC(C)=O)[C@@H](OC(C)=O)[C@@H]6OC(C)=O)cc5)c5ccc2[nH]5)[C@@H](O)[C@H]4O)C=C3)cc1. The van der Waals surface area contributed by atoms with Gasteiger partial charge < -0.3 is 117 Å². The van der Waals surface area contributed by atoms with E-state index in [2.05, 4.69) is 31.2 Å². The normalized spacial score (nSPS) is 22.6. The van der Waals surface area contributed by atoms with Crippen LogP contribution in [0.2, 0.25) is 0 Å². The summed E-state index contributed by atoms with van der Waals surface area (Å²) in [5, 5.41) is 36.8. The highest BCUT2D eigenvalue weighted by Gasteiger charge is 2.59. The largest absolute Gasteiger partial charge is 0.469 e. The molecule has 17 atom stereocenters. The summed E-state index contributed by atoms with van der Waals surface area (Å²) in [7, 11) is 1.23. The monoisotopic (exact) mass is 1870 g/mol. The first kappa shape index (κ1) is 98.6. The number of fused-ring (bicyclic) bond motifs is 8. The van der Waals surface area contributed by atoms with Gasteiger partial charge in [0, 0.05) is 163 Å². The van der Waals surface area contributed by atoms with Gasteiger partial charge in [-0.25, -0.2) is 4.98 Å². The van der Waals surface area contributed by atoms with Crippen LogP contribution in [0.15, 0.2) is 121 Å². The number of carbonyl (C=O) groups excluding carboxylic acids is 17. The van der Waals surface area contributed by atoms with Gasteiger partial charge in [-0.1, -0.05) is 48.5 Å². The number of aliphatic hydroxyl groups is 2. The Balaban J connectivity index is 1.05. The topological polar surface area (TPSA) is 584 Å². The Morgan fingerprint density at radius 1 is 0.304 bits per heavy atom. The second-order valence-corrected chi connectivity index (χ2v) is 31.1. The molecule has 5 aliphatic rings. The van der Waals surface area contributed by atoms with Crippen LogP contribution >= 0.6 is 0 Å². The van der Waals surface area contributed by atoms with E-state index in [1.165, 1.54) is 67.8 Å². The molecule has 5 aliphatic heterocycles. The number of ether oxygens (including phenoxy) is 16. The molecule has 8 N–H and O–H groups in total. The maximum atomic E-state index is 14.8. The fourth-order valence-corrected chi connectivity index (χ4v) is 15.7. The number of nitrogens with zero attached hydrogens (tertiary/aromatic N) is 2. The summed E-state index contributed by atoms with van der Waals surface area (Å²) >= 11 is 0. The van der Waals surface area contributed by atoms with E-state index in [0.29, 0.717) is 39.2 Å². The third-order valence-corrected chi connectivity index (χ3v) is 20.8. The molecule has 0 aliphatic carbocycles. The molecule has 0 unspecified atom stereocenters. The third kappa shape index (κ3) is 23.9. The molecular weight excluding hydrogens is 1780 g/mol. The lowest BCUT2D eigenvalue weighted by molar-refractivity contribution is -0.289. The van der Waals surface area contributed by atoms with Crippen molar-refractivity contribution in [2.24, 2.45) is 0 Å². The molecule has 7 aromatic rings. The van der Waals surface area contributed by atoms with Gasteiger partial charge in [-0.3, -0.25) is 86.5 Å². The van der Waals surface area contributed by atoms with Gasteiger partial charge in [-0.15, -0.1) is 0 Å². The Hall–Kier alpha value is -15.5. The molecule has 710 valence electrons. The predicted molar refractivity (Wildman–Crippen MR) is 463 cm³/mol. The van der Waals surface area contributed by atoms with E-state index in [9.17, 15) is 91.7 Å². The molecule has 12 rings (SSSR count). The Labute approximate surface area is 766 Å². The number of methoxy groups -OCH3 is 1.